The van der Waals surface area contributed by atoms with E-state index in [0.717, 1.165) is 58.4 Å². The van der Waals surface area contributed by atoms with Gasteiger partial charge in [-0.3, -0.25) is 5.10 Å². The van der Waals surface area contributed by atoms with Crippen molar-refractivity contribution in [1.29, 1.82) is 0 Å². The summed E-state index contributed by atoms with van der Waals surface area (Å²) in [5.74, 6) is 0.609. The molecule has 5 nitrogen and oxygen atoms in total. The molecule has 2 fully saturated rings. The second-order valence-corrected chi connectivity index (χ2v) is 6.07. The highest BCUT2D eigenvalue weighted by atomic mass is 16.3. The monoisotopic (exact) mass is 264 g/mol. The summed E-state index contributed by atoms with van der Waals surface area (Å²) < 4.78 is 0. The number of likely N-dealkylation sites (tertiary alicyclic amines) is 1. The lowest BCUT2D eigenvalue weighted by Crippen LogP contribution is -2.54. The molecule has 1 aromatic heterocycles. The molecule has 19 heavy (non-hydrogen) atoms. The van der Waals surface area contributed by atoms with Crippen molar-refractivity contribution in [1.82, 2.24) is 20.4 Å². The molecule has 1 atom stereocenters. The van der Waals surface area contributed by atoms with Crippen LogP contribution in [-0.4, -0.2) is 58.5 Å². The molecule has 2 aliphatic rings. The Balaban J connectivity index is 1.50. The zero-order valence-corrected chi connectivity index (χ0v) is 11.4. The van der Waals surface area contributed by atoms with Gasteiger partial charge in [-0.1, -0.05) is 0 Å². The van der Waals surface area contributed by atoms with Gasteiger partial charge in [-0.15, -0.1) is 0 Å². The second-order valence-electron chi connectivity index (χ2n) is 6.07. The van der Waals surface area contributed by atoms with Crippen LogP contribution in [0.2, 0.25) is 0 Å². The quantitative estimate of drug-likeness (QED) is 0.752. The molecule has 0 bridgehead atoms. The minimum absolute atomic E-state index is 0.515. The van der Waals surface area contributed by atoms with Crippen LogP contribution in [-0.2, 0) is 0 Å². The number of hydrogen-bond acceptors (Lipinski definition) is 4. The molecule has 2 aliphatic heterocycles. The Morgan fingerprint density at radius 1 is 1.42 bits per heavy atom. The van der Waals surface area contributed by atoms with E-state index in [0.29, 0.717) is 5.92 Å². The number of rotatable bonds is 3. The minimum atomic E-state index is -0.515. The topological polar surface area (TPSA) is 64.2 Å². The molecular weight excluding hydrogens is 240 g/mol. The highest BCUT2D eigenvalue weighted by Gasteiger charge is 2.33. The number of nitrogens with one attached hydrogen (secondary N) is 2. The highest BCUT2D eigenvalue weighted by Crippen LogP contribution is 2.28. The largest absolute Gasteiger partial charge is 0.387 e. The molecule has 0 aliphatic carbocycles. The van der Waals surface area contributed by atoms with Gasteiger partial charge in [-0.25, -0.2) is 0 Å². The first-order valence-electron chi connectivity index (χ1n) is 7.40. The smallest absolute Gasteiger partial charge is 0.0898 e. The van der Waals surface area contributed by atoms with Gasteiger partial charge in [0.15, 0.2) is 0 Å². The average molecular weight is 264 g/mol. The van der Waals surface area contributed by atoms with Crippen molar-refractivity contribution in [3.63, 3.8) is 0 Å². The fourth-order valence-electron chi connectivity index (χ4n) is 3.40. The van der Waals surface area contributed by atoms with Gasteiger partial charge in [0.2, 0.25) is 0 Å². The van der Waals surface area contributed by atoms with Crippen molar-refractivity contribution in [3.05, 3.63) is 18.0 Å². The van der Waals surface area contributed by atoms with Gasteiger partial charge >= 0.3 is 0 Å². The van der Waals surface area contributed by atoms with Crippen LogP contribution in [0.4, 0.5) is 0 Å². The Morgan fingerprint density at radius 2 is 2.26 bits per heavy atom. The third-order valence-electron chi connectivity index (χ3n) is 4.52. The summed E-state index contributed by atoms with van der Waals surface area (Å²) in [6.07, 6.45) is 6.16. The van der Waals surface area contributed by atoms with Gasteiger partial charge in [0.05, 0.1) is 5.60 Å². The lowest BCUT2D eigenvalue weighted by Gasteiger charge is -2.40. The SMILES string of the molecule is O[C@]1(CN2CCC(c3ccn[nH]3)CC2)CCCNC1. The van der Waals surface area contributed by atoms with E-state index >= 15 is 0 Å². The standard InChI is InChI=1S/C14H24N4O/c19-14(5-1-6-15-10-14)11-18-8-3-12(4-9-18)13-2-7-16-17-13/h2,7,12,15,19H,1,3-6,8-11H2,(H,16,17)/t14-/m1/s1. The number of hydrogen-bond donors (Lipinski definition) is 3. The van der Waals surface area contributed by atoms with E-state index in [1.807, 2.05) is 6.20 Å². The molecule has 3 N–H and O–H groups in total. The molecule has 1 aromatic rings. The molecule has 5 heteroatoms. The molecule has 0 unspecified atom stereocenters. The predicted octanol–water partition coefficient (Wildman–Crippen LogP) is 0.704. The van der Waals surface area contributed by atoms with Crippen molar-refractivity contribution < 1.29 is 5.11 Å². The van der Waals surface area contributed by atoms with E-state index in [1.54, 1.807) is 0 Å². The van der Waals surface area contributed by atoms with E-state index in [1.165, 1.54) is 5.69 Å². The molecular formula is C14H24N4O. The van der Waals surface area contributed by atoms with Gasteiger partial charge in [0.1, 0.15) is 0 Å². The van der Waals surface area contributed by atoms with Crippen LogP contribution in [0.5, 0.6) is 0 Å². The fourth-order valence-corrected chi connectivity index (χ4v) is 3.40. The van der Waals surface area contributed by atoms with Gasteiger partial charge < -0.3 is 15.3 Å². The first-order chi connectivity index (χ1) is 9.25. The summed E-state index contributed by atoms with van der Waals surface area (Å²) in [6, 6.07) is 2.08. The molecule has 3 heterocycles. The number of aromatic amines is 1. The van der Waals surface area contributed by atoms with Crippen LogP contribution in [0, 0.1) is 0 Å². The molecule has 2 saturated heterocycles. The lowest BCUT2D eigenvalue weighted by molar-refractivity contribution is -0.0204. The summed E-state index contributed by atoms with van der Waals surface area (Å²) in [4.78, 5) is 2.42. The summed E-state index contributed by atoms with van der Waals surface area (Å²) in [6.45, 7) is 4.76. The van der Waals surface area contributed by atoms with E-state index in [9.17, 15) is 5.11 Å². The maximum Gasteiger partial charge on any atom is 0.0898 e. The molecule has 0 aromatic carbocycles. The first kappa shape index (κ1) is 13.1. The number of piperidine rings is 2. The molecule has 0 saturated carbocycles. The van der Waals surface area contributed by atoms with E-state index in [4.69, 9.17) is 0 Å². The third-order valence-corrected chi connectivity index (χ3v) is 4.52. The van der Waals surface area contributed by atoms with Crippen molar-refractivity contribution >= 4 is 0 Å². The predicted molar refractivity (Wildman–Crippen MR) is 74.1 cm³/mol. The average Bonchev–Trinajstić information content (AvgIpc) is 2.94. The Hall–Kier alpha value is -0.910. The summed E-state index contributed by atoms with van der Waals surface area (Å²) in [5.41, 5.74) is 0.747. The van der Waals surface area contributed by atoms with Crippen LogP contribution in [0.25, 0.3) is 0 Å². The second kappa shape index (κ2) is 5.61. The molecule has 0 amide bonds. The van der Waals surface area contributed by atoms with Crippen molar-refractivity contribution in [3.8, 4) is 0 Å². The maximum absolute atomic E-state index is 10.6. The number of H-pyrrole nitrogens is 1. The first-order valence-corrected chi connectivity index (χ1v) is 7.40. The maximum atomic E-state index is 10.6. The highest BCUT2D eigenvalue weighted by molar-refractivity contribution is 5.07. The van der Waals surface area contributed by atoms with Crippen LogP contribution in [0.15, 0.2) is 12.3 Å². The van der Waals surface area contributed by atoms with Gasteiger partial charge in [0, 0.05) is 30.9 Å². The summed E-state index contributed by atoms with van der Waals surface area (Å²) >= 11 is 0. The van der Waals surface area contributed by atoms with Crippen LogP contribution in [0.3, 0.4) is 0 Å². The van der Waals surface area contributed by atoms with Crippen molar-refractivity contribution in [2.24, 2.45) is 0 Å². The van der Waals surface area contributed by atoms with Crippen molar-refractivity contribution in [2.75, 3.05) is 32.7 Å². The van der Waals surface area contributed by atoms with E-state index in [2.05, 4.69) is 26.5 Å². The normalized spacial score (nSPS) is 30.6. The summed E-state index contributed by atoms with van der Waals surface area (Å²) in [5, 5.41) is 21.0. The fraction of sp³-hybridized carbons (Fsp3) is 0.786. The Labute approximate surface area is 114 Å². The van der Waals surface area contributed by atoms with Gasteiger partial charge in [0.25, 0.3) is 0 Å². The zero-order valence-electron chi connectivity index (χ0n) is 11.4. The van der Waals surface area contributed by atoms with Crippen LogP contribution in [0.1, 0.15) is 37.3 Å². The third kappa shape index (κ3) is 3.16. The van der Waals surface area contributed by atoms with Crippen LogP contribution >= 0.6 is 0 Å². The number of β-amino-alcohol motifs (C(OH)–C–C–N with tert-alkyl or cyclic N) is 1. The lowest BCUT2D eigenvalue weighted by atomic mass is 9.90. The zero-order chi connectivity index (χ0) is 13.1. The number of aliphatic hydroxyl groups is 1. The summed E-state index contributed by atoms with van der Waals surface area (Å²) in [7, 11) is 0. The molecule has 0 spiro atoms. The Kier molecular flexibility index (Phi) is 3.86. The van der Waals surface area contributed by atoms with Crippen molar-refractivity contribution in [2.45, 2.75) is 37.2 Å². The molecule has 106 valence electrons. The van der Waals surface area contributed by atoms with E-state index in [-0.39, 0.29) is 0 Å². The molecule has 3 rings (SSSR count). The minimum Gasteiger partial charge on any atom is -0.387 e. The van der Waals surface area contributed by atoms with E-state index < -0.39 is 5.60 Å². The van der Waals surface area contributed by atoms with Gasteiger partial charge in [-0.05, 0) is 51.4 Å². The van der Waals surface area contributed by atoms with Gasteiger partial charge in [-0.2, -0.15) is 5.10 Å². The Bertz CT molecular complexity index is 378. The number of aromatic nitrogens is 2. The number of nitrogens with zero attached hydrogens (tertiary/aromatic N) is 2. The molecule has 0 radical (unpaired) electrons. The Morgan fingerprint density at radius 3 is 2.89 bits per heavy atom. The van der Waals surface area contributed by atoms with Crippen LogP contribution < -0.4 is 5.32 Å².